The smallest absolute Gasteiger partial charge is 0.335 e. The lowest BCUT2D eigenvalue weighted by Crippen LogP contribution is -1.95. The number of rotatable bonds is 2. The van der Waals surface area contributed by atoms with Gasteiger partial charge in [-0.05, 0) is 35.0 Å². The molecule has 0 radical (unpaired) electrons. The number of para-hydroxylation sites is 1. The molecule has 106 valence electrons. The Hall–Kier alpha value is -3.07. The van der Waals surface area contributed by atoms with Crippen LogP contribution in [0, 0.1) is 0 Å². The van der Waals surface area contributed by atoms with Gasteiger partial charge < -0.3 is 10.1 Å². The first-order valence-corrected chi connectivity index (χ1v) is 7.06. The van der Waals surface area contributed by atoms with Crippen molar-refractivity contribution >= 4 is 27.6 Å². The number of aromatic nitrogens is 1. The van der Waals surface area contributed by atoms with Gasteiger partial charge in [0.05, 0.1) is 5.56 Å². The lowest BCUT2D eigenvalue weighted by atomic mass is 10.00. The summed E-state index contributed by atoms with van der Waals surface area (Å²) in [4.78, 5) is 14.6. The minimum Gasteiger partial charge on any atom is -0.478 e. The molecule has 4 aromatic rings. The van der Waals surface area contributed by atoms with Crippen LogP contribution in [0.3, 0.4) is 0 Å². The maximum atomic E-state index is 11.2. The Morgan fingerprint density at radius 3 is 2.50 bits per heavy atom. The second kappa shape index (κ2) is 4.74. The number of aromatic amines is 1. The lowest BCUT2D eigenvalue weighted by Gasteiger charge is -2.06. The van der Waals surface area contributed by atoms with Gasteiger partial charge >= 0.3 is 5.97 Å². The molecule has 3 aromatic carbocycles. The summed E-state index contributed by atoms with van der Waals surface area (Å²) in [6.07, 6.45) is 0. The number of carboxylic acid groups (broad SMARTS) is 1. The molecule has 0 saturated carbocycles. The first kappa shape index (κ1) is 12.7. The molecule has 0 unspecified atom stereocenters. The average Bonchev–Trinajstić information content (AvgIpc) is 2.97. The minimum absolute atomic E-state index is 0.302. The minimum atomic E-state index is -0.909. The molecule has 3 heteroatoms. The Balaban J connectivity index is 2.00. The summed E-state index contributed by atoms with van der Waals surface area (Å²) in [5.41, 5.74) is 3.38. The Kier molecular flexibility index (Phi) is 2.73. The van der Waals surface area contributed by atoms with Gasteiger partial charge in [-0.15, -0.1) is 0 Å². The Bertz CT molecular complexity index is 981. The summed E-state index contributed by atoms with van der Waals surface area (Å²) in [7, 11) is 0. The normalized spacial score (nSPS) is 11.1. The van der Waals surface area contributed by atoms with Gasteiger partial charge in [-0.2, -0.15) is 0 Å². The molecule has 0 fully saturated rings. The second-order valence-corrected chi connectivity index (χ2v) is 5.32. The molecule has 0 aliphatic rings. The predicted octanol–water partition coefficient (Wildman–Crippen LogP) is 4.69. The Morgan fingerprint density at radius 2 is 1.68 bits per heavy atom. The van der Waals surface area contributed by atoms with E-state index in [1.807, 2.05) is 42.5 Å². The van der Waals surface area contributed by atoms with Crippen molar-refractivity contribution < 1.29 is 9.90 Å². The number of nitrogens with one attached hydrogen (secondary N) is 1. The third-order valence-corrected chi connectivity index (χ3v) is 3.95. The molecule has 0 aliphatic carbocycles. The van der Waals surface area contributed by atoms with Crippen LogP contribution in [0.1, 0.15) is 10.4 Å². The van der Waals surface area contributed by atoms with Crippen molar-refractivity contribution in [1.82, 2.24) is 4.98 Å². The second-order valence-electron chi connectivity index (χ2n) is 5.32. The predicted molar refractivity (Wildman–Crippen MR) is 88.2 cm³/mol. The average molecular weight is 287 g/mol. The van der Waals surface area contributed by atoms with Crippen LogP contribution >= 0.6 is 0 Å². The summed E-state index contributed by atoms with van der Waals surface area (Å²) in [5.74, 6) is -0.909. The van der Waals surface area contributed by atoms with E-state index in [-0.39, 0.29) is 0 Å². The van der Waals surface area contributed by atoms with Crippen LogP contribution in [0.5, 0.6) is 0 Å². The van der Waals surface area contributed by atoms with E-state index in [0.717, 1.165) is 32.9 Å². The fourth-order valence-corrected chi connectivity index (χ4v) is 2.86. The zero-order valence-electron chi connectivity index (χ0n) is 11.7. The number of carboxylic acids is 1. The summed E-state index contributed by atoms with van der Waals surface area (Å²) >= 11 is 0. The monoisotopic (exact) mass is 287 g/mol. The molecule has 0 atom stereocenters. The van der Waals surface area contributed by atoms with Gasteiger partial charge in [-0.25, -0.2) is 4.79 Å². The highest BCUT2D eigenvalue weighted by Gasteiger charge is 2.10. The van der Waals surface area contributed by atoms with Crippen molar-refractivity contribution in [3.8, 4) is 11.3 Å². The number of hydrogen-bond acceptors (Lipinski definition) is 1. The van der Waals surface area contributed by atoms with Crippen molar-refractivity contribution in [3.63, 3.8) is 0 Å². The van der Waals surface area contributed by atoms with Gasteiger partial charge in [0.2, 0.25) is 0 Å². The maximum Gasteiger partial charge on any atom is 0.335 e. The quantitative estimate of drug-likeness (QED) is 0.562. The number of carbonyl (C=O) groups is 1. The Morgan fingerprint density at radius 1 is 0.864 bits per heavy atom. The maximum absolute atomic E-state index is 11.2. The molecule has 2 N–H and O–H groups in total. The van der Waals surface area contributed by atoms with Crippen molar-refractivity contribution in [1.29, 1.82) is 0 Å². The molecule has 0 bridgehead atoms. The molecule has 1 heterocycles. The van der Waals surface area contributed by atoms with E-state index in [9.17, 15) is 9.90 Å². The fraction of sp³-hybridized carbons (Fsp3) is 0. The van der Waals surface area contributed by atoms with Crippen molar-refractivity contribution in [2.75, 3.05) is 0 Å². The van der Waals surface area contributed by atoms with Gasteiger partial charge in [0.1, 0.15) is 0 Å². The zero-order chi connectivity index (χ0) is 15.1. The van der Waals surface area contributed by atoms with E-state index in [1.165, 1.54) is 0 Å². The molecule has 4 rings (SSSR count). The lowest BCUT2D eigenvalue weighted by molar-refractivity contribution is 0.0697. The standard InChI is InChI=1S/C19H13NO2/c21-19(22)14-9-8-12-5-3-6-15(16(12)10-14)18-11-13-4-1-2-7-17(13)20-18/h1-11,20H,(H,21,22). The highest BCUT2D eigenvalue weighted by Crippen LogP contribution is 2.31. The van der Waals surface area contributed by atoms with Gasteiger partial charge in [0.15, 0.2) is 0 Å². The topological polar surface area (TPSA) is 53.1 Å². The van der Waals surface area contributed by atoms with Gasteiger partial charge in [0.25, 0.3) is 0 Å². The SMILES string of the molecule is O=C(O)c1ccc2cccc(-c3cc4ccccc4[nH]3)c2c1. The largest absolute Gasteiger partial charge is 0.478 e. The van der Waals surface area contributed by atoms with Gasteiger partial charge in [-0.3, -0.25) is 0 Å². The van der Waals surface area contributed by atoms with Crippen LogP contribution in [0.15, 0.2) is 66.7 Å². The summed E-state index contributed by atoms with van der Waals surface area (Å²) in [6, 6.07) is 21.4. The summed E-state index contributed by atoms with van der Waals surface area (Å²) in [6.45, 7) is 0. The van der Waals surface area contributed by atoms with Crippen molar-refractivity contribution in [2.45, 2.75) is 0 Å². The van der Waals surface area contributed by atoms with Crippen LogP contribution < -0.4 is 0 Å². The third-order valence-electron chi connectivity index (χ3n) is 3.95. The van der Waals surface area contributed by atoms with Crippen molar-refractivity contribution in [3.05, 3.63) is 72.3 Å². The number of aromatic carboxylic acids is 1. The van der Waals surface area contributed by atoms with Crippen LogP contribution in [-0.2, 0) is 0 Å². The van der Waals surface area contributed by atoms with Gasteiger partial charge in [0, 0.05) is 22.2 Å². The van der Waals surface area contributed by atoms with Crippen LogP contribution in [-0.4, -0.2) is 16.1 Å². The summed E-state index contributed by atoms with van der Waals surface area (Å²) < 4.78 is 0. The first-order valence-electron chi connectivity index (χ1n) is 7.06. The van der Waals surface area contributed by atoms with E-state index in [2.05, 4.69) is 17.1 Å². The molecule has 3 nitrogen and oxygen atoms in total. The number of H-pyrrole nitrogens is 1. The number of fused-ring (bicyclic) bond motifs is 2. The number of hydrogen-bond donors (Lipinski definition) is 2. The molecule has 0 spiro atoms. The molecule has 0 saturated heterocycles. The summed E-state index contributed by atoms with van der Waals surface area (Å²) in [5, 5.41) is 12.3. The molecule has 22 heavy (non-hydrogen) atoms. The van der Waals surface area contributed by atoms with Crippen LogP contribution in [0.25, 0.3) is 32.9 Å². The highest BCUT2D eigenvalue weighted by molar-refractivity contribution is 6.02. The van der Waals surface area contributed by atoms with E-state index in [4.69, 9.17) is 0 Å². The van der Waals surface area contributed by atoms with E-state index in [0.29, 0.717) is 5.56 Å². The zero-order valence-corrected chi connectivity index (χ0v) is 11.7. The number of benzene rings is 3. The molecular formula is C19H13NO2. The molecule has 0 amide bonds. The van der Waals surface area contributed by atoms with Gasteiger partial charge in [-0.1, -0.05) is 42.5 Å². The van der Waals surface area contributed by atoms with Crippen LogP contribution in [0.4, 0.5) is 0 Å². The van der Waals surface area contributed by atoms with E-state index < -0.39 is 5.97 Å². The molecule has 0 aliphatic heterocycles. The van der Waals surface area contributed by atoms with E-state index in [1.54, 1.807) is 12.1 Å². The highest BCUT2D eigenvalue weighted by atomic mass is 16.4. The van der Waals surface area contributed by atoms with Crippen LogP contribution in [0.2, 0.25) is 0 Å². The third kappa shape index (κ3) is 1.95. The molecular weight excluding hydrogens is 274 g/mol. The van der Waals surface area contributed by atoms with Crippen molar-refractivity contribution in [2.24, 2.45) is 0 Å². The Labute approximate surface area is 126 Å². The molecule has 1 aromatic heterocycles. The first-order chi connectivity index (χ1) is 10.7. The fourth-order valence-electron chi connectivity index (χ4n) is 2.86. The van der Waals surface area contributed by atoms with E-state index >= 15 is 0 Å².